The highest BCUT2D eigenvalue weighted by Crippen LogP contribution is 2.22. The van der Waals surface area contributed by atoms with E-state index in [1.54, 1.807) is 30.3 Å². The quantitative estimate of drug-likeness (QED) is 0.525. The second-order valence-corrected chi connectivity index (χ2v) is 8.42. The average molecular weight is 428 g/mol. The Morgan fingerprint density at radius 1 is 0.931 bits per heavy atom. The summed E-state index contributed by atoms with van der Waals surface area (Å²) < 4.78 is 0. The van der Waals surface area contributed by atoms with Gasteiger partial charge in [0.2, 0.25) is 0 Å². The molecule has 29 heavy (non-hydrogen) atoms. The van der Waals surface area contributed by atoms with Crippen LogP contribution >= 0.6 is 22.7 Å². The van der Waals surface area contributed by atoms with E-state index >= 15 is 0 Å². The van der Waals surface area contributed by atoms with Gasteiger partial charge in [-0.1, -0.05) is 25.1 Å². The van der Waals surface area contributed by atoms with E-state index in [9.17, 15) is 14.4 Å². The molecule has 0 saturated carbocycles. The molecular formula is C21H21N3O3S2. The molecule has 3 rings (SSSR count). The maximum absolute atomic E-state index is 12.3. The van der Waals surface area contributed by atoms with Crippen molar-refractivity contribution in [2.24, 2.45) is 0 Å². The van der Waals surface area contributed by atoms with Crippen molar-refractivity contribution in [1.82, 2.24) is 16.2 Å². The van der Waals surface area contributed by atoms with Crippen LogP contribution < -0.4 is 16.2 Å². The Balaban J connectivity index is 1.50. The molecule has 0 aliphatic carbocycles. The molecule has 2 aromatic heterocycles. The number of aryl methyl sites for hydroxylation is 2. The van der Waals surface area contributed by atoms with Gasteiger partial charge in [0, 0.05) is 17.0 Å². The Bertz CT molecular complexity index is 1010. The van der Waals surface area contributed by atoms with Gasteiger partial charge in [-0.2, -0.15) is 0 Å². The number of carbonyl (C=O) groups excluding carboxylic acids is 3. The normalized spacial score (nSPS) is 10.4. The standard InChI is InChI=1S/C21H21N3O3S2/c1-3-16-13(2)11-18(29-16)21(27)24-23-19(25)15-8-6-14(7-9-15)12-22-20(26)17-5-4-10-28-17/h4-11H,3,12H2,1-2H3,(H,22,26)(H,23,25)(H,24,27). The zero-order valence-corrected chi connectivity index (χ0v) is 17.7. The van der Waals surface area contributed by atoms with E-state index in [0.717, 1.165) is 22.4 Å². The summed E-state index contributed by atoms with van der Waals surface area (Å²) in [5, 5.41) is 4.69. The predicted octanol–water partition coefficient (Wildman–Crippen LogP) is 3.69. The van der Waals surface area contributed by atoms with Gasteiger partial charge in [0.05, 0.1) is 9.75 Å². The van der Waals surface area contributed by atoms with Gasteiger partial charge < -0.3 is 5.32 Å². The first kappa shape index (κ1) is 20.8. The van der Waals surface area contributed by atoms with Gasteiger partial charge in [-0.3, -0.25) is 25.2 Å². The van der Waals surface area contributed by atoms with Crippen molar-refractivity contribution in [2.75, 3.05) is 0 Å². The number of benzene rings is 1. The molecule has 0 radical (unpaired) electrons. The fourth-order valence-electron chi connectivity index (χ4n) is 2.68. The number of nitrogens with one attached hydrogen (secondary N) is 3. The van der Waals surface area contributed by atoms with Crippen molar-refractivity contribution in [1.29, 1.82) is 0 Å². The number of thiophene rings is 2. The lowest BCUT2D eigenvalue weighted by Gasteiger charge is -2.08. The molecule has 0 aliphatic rings. The molecule has 0 bridgehead atoms. The summed E-state index contributed by atoms with van der Waals surface area (Å²) in [5.41, 5.74) is 7.24. The lowest BCUT2D eigenvalue weighted by Crippen LogP contribution is -2.41. The molecule has 3 N–H and O–H groups in total. The van der Waals surface area contributed by atoms with E-state index in [2.05, 4.69) is 16.2 Å². The van der Waals surface area contributed by atoms with E-state index in [1.165, 1.54) is 22.7 Å². The van der Waals surface area contributed by atoms with Crippen LogP contribution in [0.1, 0.15) is 52.6 Å². The summed E-state index contributed by atoms with van der Waals surface area (Å²) in [6.45, 7) is 4.38. The molecule has 6 nitrogen and oxygen atoms in total. The number of amides is 3. The van der Waals surface area contributed by atoms with Gasteiger partial charge in [-0.15, -0.1) is 22.7 Å². The van der Waals surface area contributed by atoms with Crippen LogP contribution in [0, 0.1) is 6.92 Å². The molecule has 3 amide bonds. The van der Waals surface area contributed by atoms with Crippen molar-refractivity contribution in [3.63, 3.8) is 0 Å². The van der Waals surface area contributed by atoms with Crippen LogP contribution in [0.25, 0.3) is 0 Å². The highest BCUT2D eigenvalue weighted by molar-refractivity contribution is 7.14. The first-order chi connectivity index (χ1) is 14.0. The van der Waals surface area contributed by atoms with Crippen molar-refractivity contribution >= 4 is 40.4 Å². The van der Waals surface area contributed by atoms with E-state index in [4.69, 9.17) is 0 Å². The van der Waals surface area contributed by atoms with Crippen LogP contribution in [0.4, 0.5) is 0 Å². The lowest BCUT2D eigenvalue weighted by atomic mass is 10.1. The summed E-state index contributed by atoms with van der Waals surface area (Å²) in [6, 6.07) is 12.3. The molecule has 0 aliphatic heterocycles. The predicted molar refractivity (Wildman–Crippen MR) is 115 cm³/mol. The van der Waals surface area contributed by atoms with Gasteiger partial charge in [0.1, 0.15) is 0 Å². The summed E-state index contributed by atoms with van der Waals surface area (Å²) in [4.78, 5) is 38.8. The molecule has 0 unspecified atom stereocenters. The molecule has 0 atom stereocenters. The minimum absolute atomic E-state index is 0.125. The van der Waals surface area contributed by atoms with E-state index in [-0.39, 0.29) is 11.8 Å². The molecular weight excluding hydrogens is 406 g/mol. The highest BCUT2D eigenvalue weighted by Gasteiger charge is 2.13. The van der Waals surface area contributed by atoms with Gasteiger partial charge in [-0.05, 0) is 54.1 Å². The smallest absolute Gasteiger partial charge is 0.279 e. The SMILES string of the molecule is CCc1sc(C(=O)NNC(=O)c2ccc(CNC(=O)c3cccs3)cc2)cc1C. The summed E-state index contributed by atoms with van der Waals surface area (Å²) >= 11 is 2.81. The largest absolute Gasteiger partial charge is 0.347 e. The average Bonchev–Trinajstić information content (AvgIpc) is 3.40. The number of hydrazine groups is 1. The van der Waals surface area contributed by atoms with Crippen LogP contribution in [0.5, 0.6) is 0 Å². The van der Waals surface area contributed by atoms with Crippen LogP contribution in [0.3, 0.4) is 0 Å². The maximum Gasteiger partial charge on any atom is 0.279 e. The molecule has 1 aromatic carbocycles. The van der Waals surface area contributed by atoms with Crippen molar-refractivity contribution in [2.45, 2.75) is 26.8 Å². The molecule has 2 heterocycles. The third-order valence-electron chi connectivity index (χ3n) is 4.27. The van der Waals surface area contributed by atoms with Crippen LogP contribution in [-0.4, -0.2) is 17.7 Å². The number of hydrogen-bond donors (Lipinski definition) is 3. The molecule has 0 spiro atoms. The van der Waals surface area contributed by atoms with E-state index in [0.29, 0.717) is 21.9 Å². The third kappa shape index (κ3) is 5.30. The zero-order valence-electron chi connectivity index (χ0n) is 16.1. The molecule has 150 valence electrons. The summed E-state index contributed by atoms with van der Waals surface area (Å²) in [6.07, 6.45) is 0.871. The van der Waals surface area contributed by atoms with Gasteiger partial charge in [0.25, 0.3) is 17.7 Å². The van der Waals surface area contributed by atoms with Crippen LogP contribution in [-0.2, 0) is 13.0 Å². The topological polar surface area (TPSA) is 87.3 Å². The van der Waals surface area contributed by atoms with E-state index in [1.807, 2.05) is 31.4 Å². The van der Waals surface area contributed by atoms with Crippen molar-refractivity contribution in [3.05, 3.63) is 79.2 Å². The van der Waals surface area contributed by atoms with Gasteiger partial charge in [-0.25, -0.2) is 0 Å². The third-order valence-corrected chi connectivity index (χ3v) is 6.52. The first-order valence-corrected chi connectivity index (χ1v) is 10.8. The van der Waals surface area contributed by atoms with Crippen molar-refractivity contribution in [3.8, 4) is 0 Å². The molecule has 3 aromatic rings. The lowest BCUT2D eigenvalue weighted by molar-refractivity contribution is 0.0849. The molecule has 0 saturated heterocycles. The molecule has 8 heteroatoms. The Morgan fingerprint density at radius 3 is 2.28 bits per heavy atom. The monoisotopic (exact) mass is 427 g/mol. The van der Waals surface area contributed by atoms with Crippen LogP contribution in [0.2, 0.25) is 0 Å². The Hall–Kier alpha value is -2.97. The summed E-state index contributed by atoms with van der Waals surface area (Å²) in [5.74, 6) is -0.866. The second-order valence-electron chi connectivity index (χ2n) is 6.34. The number of hydrogen-bond acceptors (Lipinski definition) is 5. The van der Waals surface area contributed by atoms with Crippen LogP contribution in [0.15, 0.2) is 47.8 Å². The number of rotatable bonds is 6. The Labute approximate surface area is 176 Å². The fraction of sp³-hybridized carbons (Fsp3) is 0.190. The number of carbonyl (C=O) groups is 3. The molecule has 0 fully saturated rings. The van der Waals surface area contributed by atoms with Gasteiger partial charge in [0.15, 0.2) is 0 Å². The maximum atomic E-state index is 12.3. The highest BCUT2D eigenvalue weighted by atomic mass is 32.1. The summed E-state index contributed by atoms with van der Waals surface area (Å²) in [7, 11) is 0. The first-order valence-electron chi connectivity index (χ1n) is 9.08. The zero-order chi connectivity index (χ0) is 20.8. The van der Waals surface area contributed by atoms with Crippen molar-refractivity contribution < 1.29 is 14.4 Å². The fourth-order valence-corrected chi connectivity index (χ4v) is 4.33. The minimum Gasteiger partial charge on any atom is -0.347 e. The van der Waals surface area contributed by atoms with Gasteiger partial charge >= 0.3 is 0 Å². The Kier molecular flexibility index (Phi) is 6.79. The minimum atomic E-state index is -0.406. The van der Waals surface area contributed by atoms with E-state index < -0.39 is 5.91 Å². The second kappa shape index (κ2) is 9.49. The Morgan fingerprint density at radius 2 is 1.66 bits per heavy atom.